The number of hydrogen-bond acceptors (Lipinski definition) is 1. The number of carbonyl (C=O) groups excluding carboxylic acids is 1. The zero-order chi connectivity index (χ0) is 12.8. The van der Waals surface area contributed by atoms with Crippen LogP contribution in [0.15, 0.2) is 18.2 Å². The SMILES string of the molecule is CCCC(Cl)CNC(=O)c1ccc(F)c(C)c1. The fourth-order valence-corrected chi connectivity index (χ4v) is 1.80. The van der Waals surface area contributed by atoms with Gasteiger partial charge in [0.2, 0.25) is 0 Å². The summed E-state index contributed by atoms with van der Waals surface area (Å²) in [7, 11) is 0. The van der Waals surface area contributed by atoms with Gasteiger partial charge in [-0.1, -0.05) is 13.3 Å². The van der Waals surface area contributed by atoms with Gasteiger partial charge >= 0.3 is 0 Å². The van der Waals surface area contributed by atoms with Crippen LogP contribution in [-0.4, -0.2) is 17.8 Å². The van der Waals surface area contributed by atoms with E-state index in [2.05, 4.69) is 5.32 Å². The minimum absolute atomic E-state index is 0.0505. The lowest BCUT2D eigenvalue weighted by atomic mass is 10.1. The van der Waals surface area contributed by atoms with Crippen molar-refractivity contribution in [3.05, 3.63) is 35.1 Å². The van der Waals surface area contributed by atoms with Crippen molar-refractivity contribution in [2.24, 2.45) is 0 Å². The molecule has 0 spiro atoms. The number of halogens is 2. The van der Waals surface area contributed by atoms with Crippen LogP contribution in [0.3, 0.4) is 0 Å². The molecule has 0 saturated heterocycles. The molecule has 94 valence electrons. The van der Waals surface area contributed by atoms with Crippen molar-refractivity contribution in [2.45, 2.75) is 32.1 Å². The molecular weight excluding hydrogens is 241 g/mol. The minimum Gasteiger partial charge on any atom is -0.351 e. The quantitative estimate of drug-likeness (QED) is 0.806. The molecule has 1 unspecified atom stereocenters. The zero-order valence-electron chi connectivity index (χ0n) is 10.1. The third-order valence-corrected chi connectivity index (χ3v) is 2.88. The van der Waals surface area contributed by atoms with Crippen LogP contribution in [0, 0.1) is 12.7 Å². The molecule has 0 aliphatic carbocycles. The summed E-state index contributed by atoms with van der Waals surface area (Å²) < 4.78 is 13.0. The standard InChI is InChI=1S/C13H17ClFNO/c1-3-4-11(14)8-16-13(17)10-5-6-12(15)9(2)7-10/h5-7,11H,3-4,8H2,1-2H3,(H,16,17). The number of aryl methyl sites for hydroxylation is 1. The summed E-state index contributed by atoms with van der Waals surface area (Å²) in [6, 6.07) is 4.31. The molecule has 1 N–H and O–H groups in total. The highest BCUT2D eigenvalue weighted by Gasteiger charge is 2.09. The number of nitrogens with one attached hydrogen (secondary N) is 1. The molecule has 1 aromatic rings. The van der Waals surface area contributed by atoms with Gasteiger partial charge in [0.1, 0.15) is 5.82 Å². The van der Waals surface area contributed by atoms with E-state index in [0.29, 0.717) is 17.7 Å². The minimum atomic E-state index is -0.303. The summed E-state index contributed by atoms with van der Waals surface area (Å²) in [4.78, 5) is 11.7. The molecule has 0 aromatic heterocycles. The smallest absolute Gasteiger partial charge is 0.251 e. The Morgan fingerprint density at radius 2 is 2.24 bits per heavy atom. The average Bonchev–Trinajstić information content (AvgIpc) is 2.30. The van der Waals surface area contributed by atoms with Crippen LogP contribution in [0.1, 0.15) is 35.7 Å². The molecule has 0 bridgehead atoms. The topological polar surface area (TPSA) is 29.1 Å². The summed E-state index contributed by atoms with van der Waals surface area (Å²) in [6.45, 7) is 4.11. The lowest BCUT2D eigenvalue weighted by Gasteiger charge is -2.10. The fraction of sp³-hybridized carbons (Fsp3) is 0.462. The molecule has 0 saturated carbocycles. The first-order valence-electron chi connectivity index (χ1n) is 5.73. The average molecular weight is 258 g/mol. The highest BCUT2D eigenvalue weighted by Crippen LogP contribution is 2.09. The second-order valence-corrected chi connectivity index (χ2v) is 4.68. The maximum atomic E-state index is 13.0. The van der Waals surface area contributed by atoms with Gasteiger partial charge in [-0.25, -0.2) is 4.39 Å². The molecule has 1 amide bonds. The van der Waals surface area contributed by atoms with Gasteiger partial charge in [0.25, 0.3) is 5.91 Å². The van der Waals surface area contributed by atoms with Gasteiger partial charge < -0.3 is 5.32 Å². The van der Waals surface area contributed by atoms with Crippen molar-refractivity contribution in [2.75, 3.05) is 6.54 Å². The number of hydrogen-bond donors (Lipinski definition) is 1. The Morgan fingerprint density at radius 3 is 2.82 bits per heavy atom. The number of carbonyl (C=O) groups is 1. The van der Waals surface area contributed by atoms with Gasteiger partial charge in [-0.05, 0) is 37.1 Å². The molecule has 0 radical (unpaired) electrons. The van der Waals surface area contributed by atoms with Gasteiger partial charge in [0.05, 0.1) is 5.38 Å². The molecule has 17 heavy (non-hydrogen) atoms. The van der Waals surface area contributed by atoms with Crippen molar-refractivity contribution in [1.29, 1.82) is 0 Å². The highest BCUT2D eigenvalue weighted by atomic mass is 35.5. The van der Waals surface area contributed by atoms with Gasteiger partial charge in [-0.15, -0.1) is 11.6 Å². The first kappa shape index (κ1) is 14.0. The lowest BCUT2D eigenvalue weighted by Crippen LogP contribution is -2.29. The van der Waals surface area contributed by atoms with Crippen LogP contribution in [0.4, 0.5) is 4.39 Å². The lowest BCUT2D eigenvalue weighted by molar-refractivity contribution is 0.0953. The first-order valence-corrected chi connectivity index (χ1v) is 6.16. The Kier molecular flexibility index (Phi) is 5.42. The highest BCUT2D eigenvalue weighted by molar-refractivity contribution is 6.20. The van der Waals surface area contributed by atoms with Crippen LogP contribution in [0.2, 0.25) is 0 Å². The second kappa shape index (κ2) is 6.60. The normalized spacial score (nSPS) is 12.2. The van der Waals surface area contributed by atoms with E-state index in [4.69, 9.17) is 11.6 Å². The van der Waals surface area contributed by atoms with Crippen molar-refractivity contribution in [3.63, 3.8) is 0 Å². The first-order chi connectivity index (χ1) is 8.04. The number of alkyl halides is 1. The van der Waals surface area contributed by atoms with E-state index >= 15 is 0 Å². The predicted octanol–water partition coefficient (Wildman–Crippen LogP) is 3.27. The molecule has 2 nitrogen and oxygen atoms in total. The largest absolute Gasteiger partial charge is 0.351 e. The van der Waals surface area contributed by atoms with E-state index in [9.17, 15) is 9.18 Å². The molecule has 0 fully saturated rings. The Balaban J connectivity index is 2.55. The Labute approximate surface area is 106 Å². The van der Waals surface area contributed by atoms with Gasteiger partial charge in [-0.2, -0.15) is 0 Å². The number of rotatable bonds is 5. The summed E-state index contributed by atoms with van der Waals surface area (Å²) in [5, 5.41) is 2.69. The van der Waals surface area contributed by atoms with E-state index in [-0.39, 0.29) is 17.1 Å². The molecule has 4 heteroatoms. The number of amides is 1. The van der Waals surface area contributed by atoms with Gasteiger partial charge in [-0.3, -0.25) is 4.79 Å². The molecular formula is C13H17ClFNO. The Hall–Kier alpha value is -1.09. The fourth-order valence-electron chi connectivity index (χ4n) is 1.51. The molecule has 1 atom stereocenters. The van der Waals surface area contributed by atoms with E-state index in [1.165, 1.54) is 18.2 Å². The van der Waals surface area contributed by atoms with E-state index in [0.717, 1.165) is 12.8 Å². The summed E-state index contributed by atoms with van der Waals surface area (Å²) in [5.41, 5.74) is 0.929. The summed E-state index contributed by atoms with van der Waals surface area (Å²) >= 11 is 5.99. The van der Waals surface area contributed by atoms with Crippen LogP contribution in [0.25, 0.3) is 0 Å². The monoisotopic (exact) mass is 257 g/mol. The van der Waals surface area contributed by atoms with E-state index in [1.54, 1.807) is 6.92 Å². The van der Waals surface area contributed by atoms with Crippen molar-refractivity contribution in [1.82, 2.24) is 5.32 Å². The Bertz CT molecular complexity index is 395. The van der Waals surface area contributed by atoms with E-state index in [1.807, 2.05) is 6.92 Å². The third kappa shape index (κ3) is 4.35. The zero-order valence-corrected chi connectivity index (χ0v) is 10.9. The maximum absolute atomic E-state index is 13.0. The van der Waals surface area contributed by atoms with Crippen LogP contribution in [0.5, 0.6) is 0 Å². The maximum Gasteiger partial charge on any atom is 0.251 e. The molecule has 1 rings (SSSR count). The predicted molar refractivity (Wildman–Crippen MR) is 68.0 cm³/mol. The van der Waals surface area contributed by atoms with Crippen molar-refractivity contribution >= 4 is 17.5 Å². The van der Waals surface area contributed by atoms with Crippen LogP contribution in [-0.2, 0) is 0 Å². The number of benzene rings is 1. The van der Waals surface area contributed by atoms with E-state index < -0.39 is 0 Å². The van der Waals surface area contributed by atoms with Crippen LogP contribution >= 0.6 is 11.6 Å². The Morgan fingerprint density at radius 1 is 1.53 bits per heavy atom. The van der Waals surface area contributed by atoms with Crippen LogP contribution < -0.4 is 5.32 Å². The second-order valence-electron chi connectivity index (χ2n) is 4.06. The van der Waals surface area contributed by atoms with Gasteiger partial charge in [0.15, 0.2) is 0 Å². The summed E-state index contributed by atoms with van der Waals surface area (Å²) in [6.07, 6.45) is 1.85. The molecule has 0 aliphatic rings. The van der Waals surface area contributed by atoms with Crippen molar-refractivity contribution in [3.8, 4) is 0 Å². The summed E-state index contributed by atoms with van der Waals surface area (Å²) in [5.74, 6) is -0.516. The van der Waals surface area contributed by atoms with Gasteiger partial charge in [0, 0.05) is 12.1 Å². The molecule has 0 aliphatic heterocycles. The molecule has 0 heterocycles. The third-order valence-electron chi connectivity index (χ3n) is 2.51. The molecule has 1 aromatic carbocycles. The van der Waals surface area contributed by atoms with Crippen molar-refractivity contribution < 1.29 is 9.18 Å².